The fourth-order valence-electron chi connectivity index (χ4n) is 2.86. The number of anilines is 3. The van der Waals surface area contributed by atoms with Crippen molar-refractivity contribution in [2.45, 2.75) is 19.4 Å². The van der Waals surface area contributed by atoms with Crippen molar-refractivity contribution < 1.29 is 9.90 Å². The van der Waals surface area contributed by atoms with Crippen LogP contribution in [0, 0.1) is 0 Å². The summed E-state index contributed by atoms with van der Waals surface area (Å²) < 4.78 is 0. The molecule has 0 saturated heterocycles. The van der Waals surface area contributed by atoms with Gasteiger partial charge < -0.3 is 15.7 Å². The molecule has 1 heterocycles. The van der Waals surface area contributed by atoms with Crippen molar-refractivity contribution in [1.29, 1.82) is 0 Å². The Morgan fingerprint density at radius 1 is 1.25 bits per heavy atom. The molecule has 4 heteroatoms. The van der Waals surface area contributed by atoms with Gasteiger partial charge in [-0.15, -0.1) is 0 Å². The Labute approximate surface area is 117 Å². The molecule has 0 amide bonds. The molecule has 1 aliphatic rings. The summed E-state index contributed by atoms with van der Waals surface area (Å²) in [5.74, 6) is -0.934. The maximum atomic E-state index is 11.4. The molecule has 4 nitrogen and oxygen atoms in total. The lowest BCUT2D eigenvalue weighted by Crippen LogP contribution is -2.25. The number of carboxylic acid groups (broad SMARTS) is 1. The summed E-state index contributed by atoms with van der Waals surface area (Å²) in [7, 11) is 0. The number of hydrogen-bond acceptors (Lipinski definition) is 3. The smallest absolute Gasteiger partial charge is 0.337 e. The number of nitrogens with two attached hydrogens (primary N) is 1. The minimum atomic E-state index is -0.934. The minimum absolute atomic E-state index is 0.215. The maximum absolute atomic E-state index is 11.4. The van der Waals surface area contributed by atoms with Crippen molar-refractivity contribution >= 4 is 23.0 Å². The fraction of sp³-hybridized carbons (Fsp3) is 0.188. The zero-order valence-corrected chi connectivity index (χ0v) is 11.2. The second-order valence-corrected chi connectivity index (χ2v) is 5.13. The van der Waals surface area contributed by atoms with Gasteiger partial charge in [-0.05, 0) is 43.2 Å². The molecular formula is C16H16N2O2. The number of hydrogen-bond donors (Lipinski definition) is 2. The van der Waals surface area contributed by atoms with Gasteiger partial charge in [0.25, 0.3) is 0 Å². The van der Waals surface area contributed by atoms with Crippen molar-refractivity contribution in [3.63, 3.8) is 0 Å². The molecular weight excluding hydrogens is 252 g/mol. The third-order valence-corrected chi connectivity index (χ3v) is 3.72. The summed E-state index contributed by atoms with van der Waals surface area (Å²) in [5, 5.41) is 9.38. The van der Waals surface area contributed by atoms with Crippen LogP contribution in [0.1, 0.15) is 22.8 Å². The maximum Gasteiger partial charge on any atom is 0.337 e. The number of para-hydroxylation sites is 1. The van der Waals surface area contributed by atoms with E-state index in [0.29, 0.717) is 11.4 Å². The highest BCUT2D eigenvalue weighted by molar-refractivity contribution is 5.97. The third-order valence-electron chi connectivity index (χ3n) is 3.72. The lowest BCUT2D eigenvalue weighted by Gasteiger charge is -2.26. The van der Waals surface area contributed by atoms with Gasteiger partial charge in [0.1, 0.15) is 0 Å². The molecule has 1 unspecified atom stereocenters. The standard InChI is InChI=1S/C16H16N2O2/c1-10-8-11-4-2-3-5-14(11)18(10)15-9-12(17)6-7-13(15)16(19)20/h2-7,9-10H,8,17H2,1H3,(H,19,20). The highest BCUT2D eigenvalue weighted by Crippen LogP contribution is 2.40. The van der Waals surface area contributed by atoms with Gasteiger partial charge in [0, 0.05) is 17.4 Å². The summed E-state index contributed by atoms with van der Waals surface area (Å²) in [6.07, 6.45) is 0.907. The monoisotopic (exact) mass is 268 g/mol. The summed E-state index contributed by atoms with van der Waals surface area (Å²) in [4.78, 5) is 13.5. The number of fused-ring (bicyclic) bond motifs is 1. The first-order chi connectivity index (χ1) is 9.58. The Balaban J connectivity index is 2.18. The highest BCUT2D eigenvalue weighted by Gasteiger charge is 2.29. The van der Waals surface area contributed by atoms with Crippen LogP contribution in [-0.2, 0) is 6.42 Å². The van der Waals surface area contributed by atoms with Gasteiger partial charge in [-0.1, -0.05) is 18.2 Å². The van der Waals surface area contributed by atoms with E-state index in [9.17, 15) is 9.90 Å². The molecule has 2 aromatic carbocycles. The molecule has 0 aliphatic carbocycles. The van der Waals surface area contributed by atoms with Crippen LogP contribution in [-0.4, -0.2) is 17.1 Å². The first-order valence-corrected chi connectivity index (χ1v) is 6.58. The Morgan fingerprint density at radius 3 is 2.75 bits per heavy atom. The lowest BCUT2D eigenvalue weighted by atomic mass is 10.1. The van der Waals surface area contributed by atoms with Crippen LogP contribution in [0.15, 0.2) is 42.5 Å². The topological polar surface area (TPSA) is 66.6 Å². The lowest BCUT2D eigenvalue weighted by molar-refractivity contribution is 0.0697. The van der Waals surface area contributed by atoms with E-state index in [1.54, 1.807) is 18.2 Å². The SMILES string of the molecule is CC1Cc2ccccc2N1c1cc(N)ccc1C(=O)O. The Kier molecular flexibility index (Phi) is 2.86. The largest absolute Gasteiger partial charge is 0.478 e. The minimum Gasteiger partial charge on any atom is -0.478 e. The van der Waals surface area contributed by atoms with Crippen LogP contribution < -0.4 is 10.6 Å². The predicted molar refractivity (Wildman–Crippen MR) is 79.6 cm³/mol. The number of rotatable bonds is 2. The molecule has 0 bridgehead atoms. The van der Waals surface area contributed by atoms with Gasteiger partial charge in [-0.2, -0.15) is 0 Å². The van der Waals surface area contributed by atoms with E-state index < -0.39 is 5.97 Å². The molecule has 2 aromatic rings. The van der Waals surface area contributed by atoms with Crippen LogP contribution in [0.5, 0.6) is 0 Å². The van der Waals surface area contributed by atoms with E-state index in [-0.39, 0.29) is 11.6 Å². The first kappa shape index (κ1) is 12.5. The average molecular weight is 268 g/mol. The normalized spacial score (nSPS) is 17.1. The van der Waals surface area contributed by atoms with Crippen LogP contribution in [0.3, 0.4) is 0 Å². The summed E-state index contributed by atoms with van der Waals surface area (Å²) in [6, 6.07) is 13.2. The average Bonchev–Trinajstić information content (AvgIpc) is 2.73. The van der Waals surface area contributed by atoms with Crippen molar-refractivity contribution in [2.75, 3.05) is 10.6 Å². The molecule has 1 atom stereocenters. The molecule has 3 rings (SSSR count). The second-order valence-electron chi connectivity index (χ2n) is 5.13. The zero-order valence-electron chi connectivity index (χ0n) is 11.2. The summed E-state index contributed by atoms with van der Waals surface area (Å²) in [6.45, 7) is 2.09. The van der Waals surface area contributed by atoms with E-state index in [4.69, 9.17) is 5.73 Å². The van der Waals surface area contributed by atoms with E-state index in [1.807, 2.05) is 18.2 Å². The number of carbonyl (C=O) groups is 1. The fourth-order valence-corrected chi connectivity index (χ4v) is 2.86. The van der Waals surface area contributed by atoms with E-state index in [0.717, 1.165) is 12.1 Å². The van der Waals surface area contributed by atoms with Crippen LogP contribution in [0.2, 0.25) is 0 Å². The van der Waals surface area contributed by atoms with Gasteiger partial charge in [0.2, 0.25) is 0 Å². The Bertz CT molecular complexity index is 682. The van der Waals surface area contributed by atoms with Gasteiger partial charge >= 0.3 is 5.97 Å². The van der Waals surface area contributed by atoms with Crippen molar-refractivity contribution in [1.82, 2.24) is 0 Å². The van der Waals surface area contributed by atoms with Gasteiger partial charge in [-0.3, -0.25) is 0 Å². The number of benzene rings is 2. The molecule has 1 aliphatic heterocycles. The molecule has 0 spiro atoms. The summed E-state index contributed by atoms with van der Waals surface area (Å²) >= 11 is 0. The third kappa shape index (κ3) is 1.90. The molecule has 0 fully saturated rings. The molecule has 20 heavy (non-hydrogen) atoms. The predicted octanol–water partition coefficient (Wildman–Crippen LogP) is 3.05. The van der Waals surface area contributed by atoms with Crippen molar-refractivity contribution in [2.24, 2.45) is 0 Å². The first-order valence-electron chi connectivity index (χ1n) is 6.58. The molecule has 102 valence electrons. The van der Waals surface area contributed by atoms with Gasteiger partial charge in [0.15, 0.2) is 0 Å². The molecule has 0 radical (unpaired) electrons. The summed E-state index contributed by atoms with van der Waals surface area (Å²) in [5.41, 5.74) is 9.65. The zero-order chi connectivity index (χ0) is 14.3. The molecule has 0 saturated carbocycles. The number of aromatic carboxylic acids is 1. The number of nitrogen functional groups attached to an aromatic ring is 1. The molecule has 0 aromatic heterocycles. The Hall–Kier alpha value is -2.49. The highest BCUT2D eigenvalue weighted by atomic mass is 16.4. The number of nitrogens with zero attached hydrogens (tertiary/aromatic N) is 1. The Morgan fingerprint density at radius 2 is 2.00 bits per heavy atom. The van der Waals surface area contributed by atoms with Crippen LogP contribution in [0.4, 0.5) is 17.1 Å². The number of carboxylic acids is 1. The quantitative estimate of drug-likeness (QED) is 0.821. The van der Waals surface area contributed by atoms with E-state index in [2.05, 4.69) is 17.9 Å². The van der Waals surface area contributed by atoms with E-state index in [1.165, 1.54) is 5.56 Å². The van der Waals surface area contributed by atoms with Gasteiger partial charge in [-0.25, -0.2) is 4.79 Å². The van der Waals surface area contributed by atoms with Crippen molar-refractivity contribution in [3.05, 3.63) is 53.6 Å². The van der Waals surface area contributed by atoms with Crippen LogP contribution in [0.25, 0.3) is 0 Å². The van der Waals surface area contributed by atoms with Crippen LogP contribution >= 0.6 is 0 Å². The van der Waals surface area contributed by atoms with Crippen molar-refractivity contribution in [3.8, 4) is 0 Å². The van der Waals surface area contributed by atoms with E-state index >= 15 is 0 Å². The van der Waals surface area contributed by atoms with Gasteiger partial charge in [0.05, 0.1) is 11.3 Å². The molecule has 3 N–H and O–H groups in total. The second kappa shape index (κ2) is 4.56.